The molecule has 4 nitrogen and oxygen atoms in total. The van der Waals surface area contributed by atoms with E-state index in [-0.39, 0.29) is 5.91 Å². The Hall–Kier alpha value is -2.10. The third-order valence-electron chi connectivity index (χ3n) is 2.93. The molecule has 0 unspecified atom stereocenters. The molecular weight excluding hydrogens is 226 g/mol. The minimum atomic E-state index is 0.0358. The lowest BCUT2D eigenvalue weighted by molar-refractivity contribution is 0.0784. The summed E-state index contributed by atoms with van der Waals surface area (Å²) in [5.74, 6) is 0.0358. The maximum absolute atomic E-state index is 12.3. The maximum Gasteiger partial charge on any atom is 0.254 e. The monoisotopic (exact) mass is 243 g/mol. The van der Waals surface area contributed by atoms with Crippen molar-refractivity contribution in [2.45, 2.75) is 20.4 Å². The summed E-state index contributed by atoms with van der Waals surface area (Å²) in [7, 11) is 1.80. The van der Waals surface area contributed by atoms with Crippen LogP contribution in [0.4, 0.5) is 0 Å². The van der Waals surface area contributed by atoms with Gasteiger partial charge in [0.15, 0.2) is 0 Å². The van der Waals surface area contributed by atoms with E-state index in [0.29, 0.717) is 6.54 Å². The first kappa shape index (κ1) is 12.4. The number of aromatic nitrogens is 2. The standard InChI is InChI=1S/C14H17N3O/c1-10-4-5-13(11(2)6-10)14(18)17(3)9-12-7-15-16-8-12/h4-8H,9H2,1-3H3,(H,15,16). The molecule has 0 aliphatic carbocycles. The molecule has 0 radical (unpaired) electrons. The second kappa shape index (κ2) is 5.04. The van der Waals surface area contributed by atoms with E-state index in [0.717, 1.165) is 16.7 Å². The molecule has 0 saturated heterocycles. The van der Waals surface area contributed by atoms with Crippen LogP contribution in [0, 0.1) is 13.8 Å². The van der Waals surface area contributed by atoms with Gasteiger partial charge < -0.3 is 4.90 Å². The van der Waals surface area contributed by atoms with E-state index in [1.54, 1.807) is 24.3 Å². The number of nitrogens with zero attached hydrogens (tertiary/aromatic N) is 2. The average molecular weight is 243 g/mol. The molecule has 0 aliphatic heterocycles. The van der Waals surface area contributed by atoms with Gasteiger partial charge in [0.2, 0.25) is 0 Å². The Bertz CT molecular complexity index is 546. The third-order valence-corrected chi connectivity index (χ3v) is 2.93. The van der Waals surface area contributed by atoms with Gasteiger partial charge in [0.25, 0.3) is 5.91 Å². The van der Waals surface area contributed by atoms with E-state index in [1.807, 2.05) is 32.0 Å². The second-order valence-electron chi connectivity index (χ2n) is 4.59. The van der Waals surface area contributed by atoms with Gasteiger partial charge in [-0.1, -0.05) is 17.7 Å². The van der Waals surface area contributed by atoms with Crippen LogP contribution in [0.1, 0.15) is 27.0 Å². The van der Waals surface area contributed by atoms with E-state index in [2.05, 4.69) is 10.2 Å². The Labute approximate surface area is 107 Å². The van der Waals surface area contributed by atoms with Gasteiger partial charge >= 0.3 is 0 Å². The predicted octanol–water partition coefficient (Wildman–Crippen LogP) is 2.30. The zero-order chi connectivity index (χ0) is 13.1. The SMILES string of the molecule is Cc1ccc(C(=O)N(C)Cc2cn[nH]c2)c(C)c1. The van der Waals surface area contributed by atoms with E-state index < -0.39 is 0 Å². The number of carbonyl (C=O) groups is 1. The highest BCUT2D eigenvalue weighted by Gasteiger charge is 2.14. The van der Waals surface area contributed by atoms with Gasteiger partial charge in [0, 0.05) is 30.9 Å². The molecule has 1 heterocycles. The largest absolute Gasteiger partial charge is 0.337 e. The van der Waals surface area contributed by atoms with Crippen LogP contribution in [-0.4, -0.2) is 28.1 Å². The zero-order valence-electron chi connectivity index (χ0n) is 10.9. The normalized spacial score (nSPS) is 10.4. The highest BCUT2D eigenvalue weighted by Crippen LogP contribution is 2.13. The number of rotatable bonds is 3. The van der Waals surface area contributed by atoms with Crippen molar-refractivity contribution in [3.8, 4) is 0 Å². The number of aromatic amines is 1. The van der Waals surface area contributed by atoms with Crippen LogP contribution in [-0.2, 0) is 6.54 Å². The first-order valence-electron chi connectivity index (χ1n) is 5.88. The lowest BCUT2D eigenvalue weighted by Gasteiger charge is -2.17. The van der Waals surface area contributed by atoms with Crippen LogP contribution in [0.15, 0.2) is 30.6 Å². The Balaban J connectivity index is 2.15. The van der Waals surface area contributed by atoms with E-state index in [9.17, 15) is 4.79 Å². The molecule has 2 rings (SSSR count). The molecule has 1 aromatic heterocycles. The molecule has 1 aromatic carbocycles. The smallest absolute Gasteiger partial charge is 0.254 e. The molecule has 0 fully saturated rings. The molecule has 1 N–H and O–H groups in total. The molecule has 1 amide bonds. The second-order valence-corrected chi connectivity index (χ2v) is 4.59. The van der Waals surface area contributed by atoms with Crippen molar-refractivity contribution in [3.05, 3.63) is 52.8 Å². The molecule has 4 heteroatoms. The fourth-order valence-corrected chi connectivity index (χ4v) is 1.97. The lowest BCUT2D eigenvalue weighted by Crippen LogP contribution is -2.26. The summed E-state index contributed by atoms with van der Waals surface area (Å²) in [6, 6.07) is 5.88. The Kier molecular flexibility index (Phi) is 3.46. The summed E-state index contributed by atoms with van der Waals surface area (Å²) in [5, 5.41) is 6.62. The van der Waals surface area contributed by atoms with Gasteiger partial charge in [0.1, 0.15) is 0 Å². The summed E-state index contributed by atoms with van der Waals surface area (Å²) in [5.41, 5.74) is 3.93. The van der Waals surface area contributed by atoms with Crippen LogP contribution in [0.25, 0.3) is 0 Å². The summed E-state index contributed by atoms with van der Waals surface area (Å²) in [6.45, 7) is 4.55. The molecule has 0 aliphatic rings. The van der Waals surface area contributed by atoms with E-state index in [1.165, 1.54) is 5.56 Å². The summed E-state index contributed by atoms with van der Waals surface area (Å²) in [4.78, 5) is 14.0. The third kappa shape index (κ3) is 2.59. The molecule has 0 saturated carbocycles. The molecule has 0 atom stereocenters. The molecule has 0 bridgehead atoms. The highest BCUT2D eigenvalue weighted by molar-refractivity contribution is 5.95. The van der Waals surface area contributed by atoms with Gasteiger partial charge in [-0.2, -0.15) is 5.10 Å². The van der Waals surface area contributed by atoms with Crippen LogP contribution < -0.4 is 0 Å². The van der Waals surface area contributed by atoms with Crippen molar-refractivity contribution in [2.24, 2.45) is 0 Å². The average Bonchev–Trinajstić information content (AvgIpc) is 2.81. The number of aryl methyl sites for hydroxylation is 2. The van der Waals surface area contributed by atoms with Crippen molar-refractivity contribution in [3.63, 3.8) is 0 Å². The van der Waals surface area contributed by atoms with Crippen molar-refractivity contribution >= 4 is 5.91 Å². The maximum atomic E-state index is 12.3. The molecule has 18 heavy (non-hydrogen) atoms. The van der Waals surface area contributed by atoms with E-state index in [4.69, 9.17) is 0 Å². The fraction of sp³-hybridized carbons (Fsp3) is 0.286. The number of hydrogen-bond acceptors (Lipinski definition) is 2. The molecular formula is C14H17N3O. The lowest BCUT2D eigenvalue weighted by atomic mass is 10.0. The van der Waals surface area contributed by atoms with Gasteiger partial charge in [-0.25, -0.2) is 0 Å². The zero-order valence-corrected chi connectivity index (χ0v) is 10.9. The number of benzene rings is 1. The molecule has 2 aromatic rings. The van der Waals surface area contributed by atoms with Gasteiger partial charge in [-0.05, 0) is 25.5 Å². The topological polar surface area (TPSA) is 49.0 Å². The van der Waals surface area contributed by atoms with Gasteiger partial charge in [-0.15, -0.1) is 0 Å². The fourth-order valence-electron chi connectivity index (χ4n) is 1.97. The number of nitrogens with one attached hydrogen (secondary N) is 1. The van der Waals surface area contributed by atoms with Crippen molar-refractivity contribution < 1.29 is 4.79 Å². The first-order chi connectivity index (χ1) is 8.58. The Morgan fingerprint density at radius 3 is 2.78 bits per heavy atom. The Morgan fingerprint density at radius 1 is 1.39 bits per heavy atom. The first-order valence-corrected chi connectivity index (χ1v) is 5.88. The van der Waals surface area contributed by atoms with Crippen LogP contribution in [0.5, 0.6) is 0 Å². The van der Waals surface area contributed by atoms with Gasteiger partial charge in [0.05, 0.1) is 6.20 Å². The van der Waals surface area contributed by atoms with Crippen molar-refractivity contribution in [2.75, 3.05) is 7.05 Å². The highest BCUT2D eigenvalue weighted by atomic mass is 16.2. The summed E-state index contributed by atoms with van der Waals surface area (Å²) < 4.78 is 0. The number of hydrogen-bond donors (Lipinski definition) is 1. The molecule has 0 spiro atoms. The van der Waals surface area contributed by atoms with Crippen molar-refractivity contribution in [1.82, 2.24) is 15.1 Å². The number of H-pyrrole nitrogens is 1. The Morgan fingerprint density at radius 2 is 2.17 bits per heavy atom. The number of amides is 1. The van der Waals surface area contributed by atoms with Crippen molar-refractivity contribution in [1.29, 1.82) is 0 Å². The quantitative estimate of drug-likeness (QED) is 0.899. The number of carbonyl (C=O) groups excluding carboxylic acids is 1. The summed E-state index contributed by atoms with van der Waals surface area (Å²) in [6.07, 6.45) is 3.53. The van der Waals surface area contributed by atoms with E-state index >= 15 is 0 Å². The minimum absolute atomic E-state index is 0.0358. The minimum Gasteiger partial charge on any atom is -0.337 e. The summed E-state index contributed by atoms with van der Waals surface area (Å²) >= 11 is 0. The molecule has 94 valence electrons. The predicted molar refractivity (Wildman–Crippen MR) is 70.3 cm³/mol. The van der Waals surface area contributed by atoms with Crippen LogP contribution in [0.3, 0.4) is 0 Å². The van der Waals surface area contributed by atoms with Crippen LogP contribution in [0.2, 0.25) is 0 Å². The van der Waals surface area contributed by atoms with Crippen LogP contribution >= 0.6 is 0 Å². The van der Waals surface area contributed by atoms with Gasteiger partial charge in [-0.3, -0.25) is 9.89 Å².